The Kier molecular flexibility index (Phi) is 5.90. The van der Waals surface area contributed by atoms with E-state index in [0.717, 1.165) is 0 Å². The Bertz CT molecular complexity index is 696. The number of carbonyl (C=O) groups excluding carboxylic acids is 3. The largest absolute Gasteiger partial charge is 0.444 e. The van der Waals surface area contributed by atoms with Crippen molar-refractivity contribution in [2.75, 3.05) is 6.54 Å². The second-order valence-electron chi connectivity index (χ2n) is 7.66. The summed E-state index contributed by atoms with van der Waals surface area (Å²) in [5.74, 6) is -0.824. The van der Waals surface area contributed by atoms with E-state index in [1.807, 2.05) is 27.7 Å². The van der Waals surface area contributed by atoms with Crippen molar-refractivity contribution in [3.63, 3.8) is 0 Å². The minimum atomic E-state index is -0.570. The van der Waals surface area contributed by atoms with Gasteiger partial charge < -0.3 is 20.7 Å². The third-order valence-electron chi connectivity index (χ3n) is 4.25. The van der Waals surface area contributed by atoms with Gasteiger partial charge in [-0.3, -0.25) is 9.59 Å². The van der Waals surface area contributed by atoms with Gasteiger partial charge in [-0.25, -0.2) is 4.79 Å². The number of amides is 3. The summed E-state index contributed by atoms with van der Waals surface area (Å²) in [7, 11) is 0. The fourth-order valence-electron chi connectivity index (χ4n) is 2.98. The van der Waals surface area contributed by atoms with Crippen LogP contribution in [0.2, 0.25) is 0 Å². The molecule has 2 unspecified atom stereocenters. The smallest absolute Gasteiger partial charge is 0.410 e. The second-order valence-corrected chi connectivity index (χ2v) is 7.66. The van der Waals surface area contributed by atoms with E-state index in [-0.39, 0.29) is 24.1 Å². The maximum atomic E-state index is 12.4. The van der Waals surface area contributed by atoms with Crippen LogP contribution in [0.5, 0.6) is 0 Å². The van der Waals surface area contributed by atoms with Crippen LogP contribution in [0.1, 0.15) is 61.3 Å². The molecule has 1 aliphatic heterocycles. The number of likely N-dealkylation sites (tertiary alicyclic amines) is 1. The van der Waals surface area contributed by atoms with Crippen LogP contribution in [0.15, 0.2) is 24.3 Å². The molecule has 1 fully saturated rings. The number of hydrogen-bond donors (Lipinski definition) is 2. The van der Waals surface area contributed by atoms with Gasteiger partial charge in [0.1, 0.15) is 5.60 Å². The molecule has 0 spiro atoms. The summed E-state index contributed by atoms with van der Waals surface area (Å²) in [5.41, 5.74) is 5.41. The molecule has 0 saturated carbocycles. The third-order valence-corrected chi connectivity index (χ3v) is 4.25. The molecule has 1 heterocycles. The van der Waals surface area contributed by atoms with Gasteiger partial charge in [0.25, 0.3) is 5.91 Å². The van der Waals surface area contributed by atoms with Gasteiger partial charge >= 0.3 is 6.09 Å². The van der Waals surface area contributed by atoms with E-state index >= 15 is 0 Å². The van der Waals surface area contributed by atoms with Gasteiger partial charge in [0.15, 0.2) is 0 Å². The van der Waals surface area contributed by atoms with Gasteiger partial charge in [0, 0.05) is 29.8 Å². The first-order valence-corrected chi connectivity index (χ1v) is 8.77. The van der Waals surface area contributed by atoms with Gasteiger partial charge in [0.2, 0.25) is 5.91 Å². The average Bonchev–Trinajstić information content (AvgIpc) is 2.53. The molecular weight excluding hydrogens is 334 g/mol. The first-order valence-electron chi connectivity index (χ1n) is 8.77. The molecule has 1 aliphatic rings. The summed E-state index contributed by atoms with van der Waals surface area (Å²) < 4.78 is 5.42. The van der Waals surface area contributed by atoms with E-state index in [1.165, 1.54) is 6.07 Å². The number of primary amides is 1. The Balaban J connectivity index is 1.95. The van der Waals surface area contributed by atoms with Crippen LogP contribution in [-0.4, -0.2) is 47.0 Å². The Morgan fingerprint density at radius 2 is 1.88 bits per heavy atom. The lowest BCUT2D eigenvalue weighted by atomic mass is 9.98. The molecule has 0 aliphatic carbocycles. The van der Waals surface area contributed by atoms with E-state index in [0.29, 0.717) is 30.5 Å². The molecule has 2 atom stereocenters. The quantitative estimate of drug-likeness (QED) is 0.862. The van der Waals surface area contributed by atoms with Crippen molar-refractivity contribution in [3.05, 3.63) is 35.4 Å². The number of nitrogens with two attached hydrogens (primary N) is 1. The van der Waals surface area contributed by atoms with E-state index in [1.54, 1.807) is 23.1 Å². The highest BCUT2D eigenvalue weighted by atomic mass is 16.6. The number of nitrogens with one attached hydrogen (secondary N) is 1. The molecule has 1 aromatic carbocycles. The number of carbonyl (C=O) groups is 3. The molecule has 142 valence electrons. The minimum Gasteiger partial charge on any atom is -0.444 e. The van der Waals surface area contributed by atoms with Crippen LogP contribution in [0.3, 0.4) is 0 Å². The zero-order chi connectivity index (χ0) is 19.5. The SMILES string of the molecule is CC1CC(NC(=O)c2cccc(C(N)=O)c2)CCN1C(=O)OC(C)(C)C. The summed E-state index contributed by atoms with van der Waals surface area (Å²) in [6.07, 6.45) is 0.953. The number of rotatable bonds is 3. The topological polar surface area (TPSA) is 102 Å². The molecule has 1 saturated heterocycles. The summed E-state index contributed by atoms with van der Waals surface area (Å²) >= 11 is 0. The molecule has 1 aromatic rings. The van der Waals surface area contributed by atoms with E-state index in [9.17, 15) is 14.4 Å². The lowest BCUT2D eigenvalue weighted by Crippen LogP contribution is -2.52. The number of ether oxygens (including phenoxy) is 1. The lowest BCUT2D eigenvalue weighted by molar-refractivity contribution is 0.00959. The highest BCUT2D eigenvalue weighted by molar-refractivity contribution is 5.99. The Morgan fingerprint density at radius 3 is 2.46 bits per heavy atom. The van der Waals surface area contributed by atoms with E-state index in [4.69, 9.17) is 10.5 Å². The minimum absolute atomic E-state index is 0.0409. The van der Waals surface area contributed by atoms with Gasteiger partial charge in [-0.2, -0.15) is 0 Å². The monoisotopic (exact) mass is 361 g/mol. The molecule has 0 aromatic heterocycles. The van der Waals surface area contributed by atoms with Crippen LogP contribution in [0.4, 0.5) is 4.79 Å². The van der Waals surface area contributed by atoms with E-state index < -0.39 is 11.5 Å². The number of benzene rings is 1. The van der Waals surface area contributed by atoms with Gasteiger partial charge in [-0.1, -0.05) is 6.07 Å². The zero-order valence-electron chi connectivity index (χ0n) is 15.7. The van der Waals surface area contributed by atoms with Crippen molar-refractivity contribution in [1.82, 2.24) is 10.2 Å². The number of hydrogen-bond acceptors (Lipinski definition) is 4. The normalized spacial score (nSPS) is 20.4. The Hall–Kier alpha value is -2.57. The van der Waals surface area contributed by atoms with Crippen LogP contribution < -0.4 is 11.1 Å². The van der Waals surface area contributed by atoms with Gasteiger partial charge in [-0.15, -0.1) is 0 Å². The van der Waals surface area contributed by atoms with E-state index in [2.05, 4.69) is 5.32 Å². The lowest BCUT2D eigenvalue weighted by Gasteiger charge is -2.38. The average molecular weight is 361 g/mol. The molecule has 26 heavy (non-hydrogen) atoms. The molecule has 7 nitrogen and oxygen atoms in total. The predicted molar refractivity (Wildman–Crippen MR) is 97.9 cm³/mol. The fourth-order valence-corrected chi connectivity index (χ4v) is 2.98. The van der Waals surface area contributed by atoms with Crippen molar-refractivity contribution in [2.24, 2.45) is 5.73 Å². The Morgan fingerprint density at radius 1 is 1.23 bits per heavy atom. The highest BCUT2D eigenvalue weighted by Gasteiger charge is 2.32. The molecule has 3 N–H and O–H groups in total. The first-order chi connectivity index (χ1) is 12.1. The summed E-state index contributed by atoms with van der Waals surface area (Å²) in [6, 6.07) is 6.23. The van der Waals surface area contributed by atoms with Crippen LogP contribution >= 0.6 is 0 Å². The van der Waals surface area contributed by atoms with Crippen molar-refractivity contribution in [2.45, 2.75) is 58.2 Å². The zero-order valence-corrected chi connectivity index (χ0v) is 15.7. The molecular formula is C19H27N3O4. The van der Waals surface area contributed by atoms with Crippen molar-refractivity contribution < 1.29 is 19.1 Å². The molecule has 7 heteroatoms. The first kappa shape index (κ1) is 19.8. The summed E-state index contributed by atoms with van der Waals surface area (Å²) in [6.45, 7) is 7.96. The number of piperidine rings is 1. The maximum absolute atomic E-state index is 12.4. The highest BCUT2D eigenvalue weighted by Crippen LogP contribution is 2.21. The summed E-state index contributed by atoms with van der Waals surface area (Å²) in [4.78, 5) is 37.6. The molecule has 2 rings (SSSR count). The van der Waals surface area contributed by atoms with Crippen molar-refractivity contribution in [1.29, 1.82) is 0 Å². The second kappa shape index (κ2) is 7.76. The van der Waals surface area contributed by atoms with Crippen molar-refractivity contribution >= 4 is 17.9 Å². The van der Waals surface area contributed by atoms with Gasteiger partial charge in [-0.05, 0) is 58.7 Å². The predicted octanol–water partition coefficient (Wildman–Crippen LogP) is 2.30. The van der Waals surface area contributed by atoms with Crippen molar-refractivity contribution in [3.8, 4) is 0 Å². The third kappa shape index (κ3) is 5.21. The van der Waals surface area contributed by atoms with Crippen LogP contribution in [0, 0.1) is 0 Å². The summed E-state index contributed by atoms with van der Waals surface area (Å²) in [5, 5.41) is 2.97. The van der Waals surface area contributed by atoms with Crippen LogP contribution in [-0.2, 0) is 4.74 Å². The Labute approximate surface area is 153 Å². The maximum Gasteiger partial charge on any atom is 0.410 e. The molecule has 0 bridgehead atoms. The fraction of sp³-hybridized carbons (Fsp3) is 0.526. The van der Waals surface area contributed by atoms with Crippen LogP contribution in [0.25, 0.3) is 0 Å². The standard InChI is InChI=1S/C19H27N3O4/c1-12-10-15(8-9-22(12)18(25)26-19(2,3)4)21-17(24)14-7-5-6-13(11-14)16(20)23/h5-7,11-12,15H,8-10H2,1-4H3,(H2,20,23)(H,21,24). The molecule has 0 radical (unpaired) electrons. The number of nitrogens with zero attached hydrogens (tertiary/aromatic N) is 1. The molecule has 3 amide bonds. The van der Waals surface area contributed by atoms with Gasteiger partial charge in [0.05, 0.1) is 0 Å².